The van der Waals surface area contributed by atoms with Gasteiger partial charge in [-0.3, -0.25) is 4.99 Å². The van der Waals surface area contributed by atoms with Crippen LogP contribution in [0.15, 0.2) is 47.0 Å². The Balaban J connectivity index is 1.91. The van der Waals surface area contributed by atoms with Crippen molar-refractivity contribution in [1.82, 2.24) is 5.32 Å². The second kappa shape index (κ2) is 6.23. The lowest BCUT2D eigenvalue weighted by Crippen LogP contribution is -2.46. The maximum Gasteiger partial charge on any atom is 0.124 e. The maximum absolute atomic E-state index is 5.75. The minimum atomic E-state index is -0.0396. The van der Waals surface area contributed by atoms with Crippen LogP contribution < -0.4 is 5.32 Å². The first-order valence-corrected chi connectivity index (χ1v) is 7.12. The van der Waals surface area contributed by atoms with E-state index in [9.17, 15) is 0 Å². The number of ether oxygens (including phenoxy) is 1. The van der Waals surface area contributed by atoms with Crippen molar-refractivity contribution in [2.24, 2.45) is 4.99 Å². The molecule has 0 saturated heterocycles. The zero-order valence-corrected chi connectivity index (χ0v) is 12.8. The summed E-state index contributed by atoms with van der Waals surface area (Å²) in [5, 5.41) is 3.47. The van der Waals surface area contributed by atoms with Crippen LogP contribution in [-0.4, -0.2) is 24.0 Å². The molecule has 20 heavy (non-hydrogen) atoms. The molecule has 3 heteroatoms. The Morgan fingerprint density at radius 3 is 2.65 bits per heavy atom. The summed E-state index contributed by atoms with van der Waals surface area (Å²) in [6, 6.07) is 10.4. The van der Waals surface area contributed by atoms with E-state index in [4.69, 9.17) is 9.73 Å². The monoisotopic (exact) mass is 272 g/mol. The molecule has 0 saturated carbocycles. The Labute approximate surface area is 121 Å². The average molecular weight is 272 g/mol. The van der Waals surface area contributed by atoms with E-state index in [1.807, 2.05) is 18.2 Å². The minimum Gasteiger partial charge on any atom is -0.369 e. The molecular formula is C17H24N2O. The van der Waals surface area contributed by atoms with E-state index < -0.39 is 0 Å². The summed E-state index contributed by atoms with van der Waals surface area (Å²) in [6.07, 6.45) is 2.13. The van der Waals surface area contributed by atoms with Crippen LogP contribution in [0, 0.1) is 0 Å². The average Bonchev–Trinajstić information content (AvgIpc) is 2.74. The van der Waals surface area contributed by atoms with E-state index in [0.717, 1.165) is 5.84 Å². The Hall–Kier alpha value is -1.61. The van der Waals surface area contributed by atoms with Gasteiger partial charge < -0.3 is 10.1 Å². The molecule has 1 aromatic rings. The highest BCUT2D eigenvalue weighted by Gasteiger charge is 2.36. The highest BCUT2D eigenvalue weighted by molar-refractivity contribution is 5.86. The molecule has 1 heterocycles. The predicted octanol–water partition coefficient (Wildman–Crippen LogP) is 3.32. The second-order valence-corrected chi connectivity index (χ2v) is 5.84. The zero-order chi connectivity index (χ0) is 14.6. The number of rotatable bonds is 5. The molecule has 1 atom stereocenters. The van der Waals surface area contributed by atoms with Crippen molar-refractivity contribution in [1.29, 1.82) is 0 Å². The fourth-order valence-electron chi connectivity index (χ4n) is 2.53. The number of allylic oxidation sites excluding steroid dienone is 1. The van der Waals surface area contributed by atoms with Crippen LogP contribution in [-0.2, 0) is 11.3 Å². The van der Waals surface area contributed by atoms with Crippen molar-refractivity contribution in [2.75, 3.05) is 6.61 Å². The maximum atomic E-state index is 5.75. The van der Waals surface area contributed by atoms with Crippen molar-refractivity contribution in [2.45, 2.75) is 45.9 Å². The molecule has 1 aromatic carbocycles. The van der Waals surface area contributed by atoms with Gasteiger partial charge in [0.25, 0.3) is 0 Å². The van der Waals surface area contributed by atoms with Gasteiger partial charge in [-0.25, -0.2) is 0 Å². The number of hydrogen-bond acceptors (Lipinski definition) is 3. The first kappa shape index (κ1) is 14.8. The van der Waals surface area contributed by atoms with Gasteiger partial charge in [0.2, 0.25) is 0 Å². The largest absolute Gasteiger partial charge is 0.369 e. The van der Waals surface area contributed by atoms with E-state index in [1.54, 1.807) is 0 Å². The molecule has 0 unspecified atom stereocenters. The molecular weight excluding hydrogens is 248 g/mol. The molecule has 0 amide bonds. The first-order valence-electron chi connectivity index (χ1n) is 7.12. The highest BCUT2D eigenvalue weighted by Crippen LogP contribution is 2.25. The smallest absolute Gasteiger partial charge is 0.124 e. The van der Waals surface area contributed by atoms with E-state index >= 15 is 0 Å². The lowest BCUT2D eigenvalue weighted by Gasteiger charge is -2.27. The number of amidine groups is 1. The standard InChI is InChI=1S/C17H24N2O/c1-5-13(2)16-17(3,4)19-15(18-16)12-20-11-14-9-7-6-8-10-14/h5-10,16H,11-12H2,1-4H3,(H,18,19)/b13-5+/t16-/m1/s1. The van der Waals surface area contributed by atoms with Gasteiger partial charge in [-0.2, -0.15) is 0 Å². The number of hydrogen-bond donors (Lipinski definition) is 1. The van der Waals surface area contributed by atoms with Gasteiger partial charge in [-0.1, -0.05) is 42.0 Å². The molecule has 0 spiro atoms. The fourth-order valence-corrected chi connectivity index (χ4v) is 2.53. The Morgan fingerprint density at radius 2 is 2.00 bits per heavy atom. The molecule has 0 fully saturated rings. The van der Waals surface area contributed by atoms with E-state index in [0.29, 0.717) is 13.2 Å². The molecule has 108 valence electrons. The van der Waals surface area contributed by atoms with Gasteiger partial charge in [0, 0.05) is 0 Å². The summed E-state index contributed by atoms with van der Waals surface area (Å²) in [7, 11) is 0. The normalized spacial score (nSPS) is 21.5. The SMILES string of the molecule is C/C=C(\C)[C@H]1N=C(COCc2ccccc2)NC1(C)C. The summed E-state index contributed by atoms with van der Waals surface area (Å²) in [5.74, 6) is 0.942. The molecule has 1 N–H and O–H groups in total. The molecule has 0 aliphatic carbocycles. The first-order chi connectivity index (χ1) is 9.53. The zero-order valence-electron chi connectivity index (χ0n) is 12.8. The van der Waals surface area contributed by atoms with Crippen LogP contribution in [0.5, 0.6) is 0 Å². The summed E-state index contributed by atoms with van der Waals surface area (Å²) in [5.41, 5.74) is 2.44. The van der Waals surface area contributed by atoms with E-state index in [-0.39, 0.29) is 11.6 Å². The van der Waals surface area contributed by atoms with Crippen LogP contribution >= 0.6 is 0 Å². The minimum absolute atomic E-state index is 0.0396. The Kier molecular flexibility index (Phi) is 4.61. The van der Waals surface area contributed by atoms with Gasteiger partial charge >= 0.3 is 0 Å². The van der Waals surface area contributed by atoms with Crippen molar-refractivity contribution in [3.63, 3.8) is 0 Å². The molecule has 1 aliphatic rings. The van der Waals surface area contributed by atoms with Crippen molar-refractivity contribution in [3.8, 4) is 0 Å². The van der Waals surface area contributed by atoms with Crippen LogP contribution in [0.3, 0.4) is 0 Å². The molecule has 1 aliphatic heterocycles. The van der Waals surface area contributed by atoms with Gasteiger partial charge in [0.05, 0.1) is 18.2 Å². The second-order valence-electron chi connectivity index (χ2n) is 5.84. The number of benzene rings is 1. The third kappa shape index (κ3) is 3.48. The molecule has 0 radical (unpaired) electrons. The van der Waals surface area contributed by atoms with E-state index in [1.165, 1.54) is 11.1 Å². The Bertz CT molecular complexity index is 503. The third-order valence-corrected chi connectivity index (χ3v) is 3.67. The number of nitrogens with zero attached hydrogens (tertiary/aromatic N) is 1. The fraction of sp³-hybridized carbons (Fsp3) is 0.471. The molecule has 2 rings (SSSR count). The summed E-state index contributed by atoms with van der Waals surface area (Å²) in [6.45, 7) is 9.70. The molecule has 0 aromatic heterocycles. The summed E-state index contributed by atoms with van der Waals surface area (Å²) in [4.78, 5) is 4.76. The van der Waals surface area contributed by atoms with Crippen LogP contribution in [0.4, 0.5) is 0 Å². The quantitative estimate of drug-likeness (QED) is 0.834. The number of nitrogens with one attached hydrogen (secondary N) is 1. The third-order valence-electron chi connectivity index (χ3n) is 3.67. The van der Waals surface area contributed by atoms with E-state index in [2.05, 4.69) is 51.2 Å². The Morgan fingerprint density at radius 1 is 1.30 bits per heavy atom. The van der Waals surface area contributed by atoms with Crippen LogP contribution in [0.2, 0.25) is 0 Å². The summed E-state index contributed by atoms with van der Waals surface area (Å²) < 4.78 is 5.75. The van der Waals surface area contributed by atoms with Crippen molar-refractivity contribution in [3.05, 3.63) is 47.5 Å². The lowest BCUT2D eigenvalue weighted by atomic mass is 9.91. The van der Waals surface area contributed by atoms with Gasteiger partial charge in [-0.15, -0.1) is 0 Å². The number of aliphatic imine (C=N–C) groups is 1. The van der Waals surface area contributed by atoms with Gasteiger partial charge in [-0.05, 0) is 33.3 Å². The van der Waals surface area contributed by atoms with Crippen LogP contribution in [0.1, 0.15) is 33.3 Å². The predicted molar refractivity (Wildman–Crippen MR) is 84.0 cm³/mol. The molecule has 3 nitrogen and oxygen atoms in total. The van der Waals surface area contributed by atoms with Crippen molar-refractivity contribution >= 4 is 5.84 Å². The lowest BCUT2D eigenvalue weighted by molar-refractivity contribution is 0.156. The van der Waals surface area contributed by atoms with Crippen LogP contribution in [0.25, 0.3) is 0 Å². The van der Waals surface area contributed by atoms with Crippen molar-refractivity contribution < 1.29 is 4.74 Å². The highest BCUT2D eigenvalue weighted by atomic mass is 16.5. The summed E-state index contributed by atoms with van der Waals surface area (Å²) >= 11 is 0. The molecule has 0 bridgehead atoms. The van der Waals surface area contributed by atoms with Gasteiger partial charge in [0.15, 0.2) is 0 Å². The van der Waals surface area contributed by atoms with Gasteiger partial charge in [0.1, 0.15) is 12.4 Å². The topological polar surface area (TPSA) is 33.6 Å².